The topological polar surface area (TPSA) is 89.6 Å². The Morgan fingerprint density at radius 1 is 1.09 bits per heavy atom. The summed E-state index contributed by atoms with van der Waals surface area (Å²) in [5, 5.41) is 7.92. The van der Waals surface area contributed by atoms with Crippen LogP contribution in [0.2, 0.25) is 0 Å². The fourth-order valence-corrected chi connectivity index (χ4v) is 4.94. The van der Waals surface area contributed by atoms with E-state index in [0.717, 1.165) is 18.4 Å². The maximum Gasteiger partial charge on any atom is 0.272 e. The highest BCUT2D eigenvalue weighted by atomic mass is 19.1. The van der Waals surface area contributed by atoms with E-state index in [2.05, 4.69) is 15.1 Å². The van der Waals surface area contributed by atoms with Gasteiger partial charge in [-0.05, 0) is 44.3 Å². The van der Waals surface area contributed by atoms with Gasteiger partial charge in [0.1, 0.15) is 5.82 Å². The number of benzene rings is 2. The van der Waals surface area contributed by atoms with E-state index in [1.54, 1.807) is 18.2 Å². The summed E-state index contributed by atoms with van der Waals surface area (Å²) in [7, 11) is 4.03. The van der Waals surface area contributed by atoms with Gasteiger partial charge < -0.3 is 14.7 Å². The van der Waals surface area contributed by atoms with E-state index in [1.807, 2.05) is 31.1 Å². The molecular weight excluding hydrogens is 449 g/mol. The first-order valence-electron chi connectivity index (χ1n) is 11.8. The fourth-order valence-electron chi connectivity index (χ4n) is 4.94. The zero-order valence-corrected chi connectivity index (χ0v) is 19.8. The molecule has 2 aromatic carbocycles. The van der Waals surface area contributed by atoms with Gasteiger partial charge in [-0.25, -0.2) is 9.49 Å². The number of likely N-dealkylation sites (tertiary alicyclic amines) is 2. The molecule has 5 rings (SSSR count). The zero-order valence-electron chi connectivity index (χ0n) is 19.8. The summed E-state index contributed by atoms with van der Waals surface area (Å²) in [6.07, 6.45) is 1.28. The van der Waals surface area contributed by atoms with Crippen LogP contribution >= 0.6 is 0 Å². The maximum absolute atomic E-state index is 14.6. The average molecular weight is 478 g/mol. The summed E-state index contributed by atoms with van der Waals surface area (Å²) in [6, 6.07) is 12.0. The van der Waals surface area contributed by atoms with Gasteiger partial charge in [-0.2, -0.15) is 5.10 Å². The van der Waals surface area contributed by atoms with Gasteiger partial charge in [0.2, 0.25) is 5.91 Å². The van der Waals surface area contributed by atoms with E-state index in [1.165, 1.54) is 17.0 Å². The number of aromatic amines is 1. The summed E-state index contributed by atoms with van der Waals surface area (Å²) in [6.45, 7) is 2.05. The number of amides is 2. The lowest BCUT2D eigenvalue weighted by Crippen LogP contribution is -2.56. The second-order valence-corrected chi connectivity index (χ2v) is 9.63. The van der Waals surface area contributed by atoms with Crippen molar-refractivity contribution in [1.29, 1.82) is 0 Å². The van der Waals surface area contributed by atoms with Crippen molar-refractivity contribution < 1.29 is 14.0 Å². The van der Waals surface area contributed by atoms with Crippen LogP contribution in [0.5, 0.6) is 0 Å². The molecule has 2 saturated heterocycles. The third kappa shape index (κ3) is 4.43. The largest absolute Gasteiger partial charge is 0.341 e. The van der Waals surface area contributed by atoms with Crippen molar-refractivity contribution in [3.8, 4) is 0 Å². The molecule has 1 N–H and O–H groups in total. The second-order valence-electron chi connectivity index (χ2n) is 9.63. The minimum absolute atomic E-state index is 0.0176. The molecule has 0 spiro atoms. The number of hydrogen-bond donors (Lipinski definition) is 1. The minimum atomic E-state index is -0.596. The molecule has 2 aliphatic rings. The summed E-state index contributed by atoms with van der Waals surface area (Å²) in [5.41, 5.74) is 1.06. The lowest BCUT2D eigenvalue weighted by molar-refractivity contribution is -0.138. The second kappa shape index (κ2) is 9.22. The van der Waals surface area contributed by atoms with Gasteiger partial charge in [0.15, 0.2) is 0 Å². The van der Waals surface area contributed by atoms with Crippen molar-refractivity contribution in [3.05, 3.63) is 75.5 Å². The van der Waals surface area contributed by atoms with Crippen LogP contribution in [0.1, 0.15) is 28.0 Å². The first-order chi connectivity index (χ1) is 16.8. The smallest absolute Gasteiger partial charge is 0.272 e. The van der Waals surface area contributed by atoms with E-state index in [0.29, 0.717) is 48.7 Å². The van der Waals surface area contributed by atoms with Crippen molar-refractivity contribution >= 4 is 22.6 Å². The molecule has 0 aliphatic carbocycles. The molecule has 2 amide bonds. The Morgan fingerprint density at radius 2 is 1.83 bits per heavy atom. The number of rotatable bonds is 5. The SMILES string of the molecule is CN(C)C1CCN(C(=O)C2CN(C(=O)c3cc(Cc4n[nH]c(=O)c5ccccc45)ccc3F)C2)C1. The van der Waals surface area contributed by atoms with Crippen molar-refractivity contribution in [3.63, 3.8) is 0 Å². The first-order valence-corrected chi connectivity index (χ1v) is 11.8. The molecule has 182 valence electrons. The molecule has 1 unspecified atom stereocenters. The van der Waals surface area contributed by atoms with Crippen LogP contribution in [-0.4, -0.2) is 83.0 Å². The molecule has 0 saturated carbocycles. The highest BCUT2D eigenvalue weighted by Gasteiger charge is 2.40. The fraction of sp³-hybridized carbons (Fsp3) is 0.385. The minimum Gasteiger partial charge on any atom is -0.341 e. The zero-order chi connectivity index (χ0) is 24.7. The van der Waals surface area contributed by atoms with E-state index in [9.17, 15) is 18.8 Å². The Labute approximate surface area is 202 Å². The van der Waals surface area contributed by atoms with Crippen LogP contribution in [0, 0.1) is 11.7 Å². The normalized spacial score (nSPS) is 18.3. The highest BCUT2D eigenvalue weighted by Crippen LogP contribution is 2.26. The maximum atomic E-state index is 14.6. The quantitative estimate of drug-likeness (QED) is 0.606. The molecule has 35 heavy (non-hydrogen) atoms. The van der Waals surface area contributed by atoms with E-state index in [4.69, 9.17) is 0 Å². The molecule has 0 bridgehead atoms. The van der Waals surface area contributed by atoms with Gasteiger partial charge in [0.05, 0.1) is 22.6 Å². The molecule has 3 heterocycles. The number of nitrogens with zero attached hydrogens (tertiary/aromatic N) is 4. The van der Waals surface area contributed by atoms with Gasteiger partial charge >= 0.3 is 0 Å². The summed E-state index contributed by atoms with van der Waals surface area (Å²) >= 11 is 0. The number of nitrogens with one attached hydrogen (secondary N) is 1. The van der Waals surface area contributed by atoms with Gasteiger partial charge in [0.25, 0.3) is 11.5 Å². The molecule has 0 radical (unpaired) electrons. The predicted molar refractivity (Wildman–Crippen MR) is 130 cm³/mol. The van der Waals surface area contributed by atoms with Crippen LogP contribution in [-0.2, 0) is 11.2 Å². The van der Waals surface area contributed by atoms with Crippen LogP contribution in [0.25, 0.3) is 10.8 Å². The van der Waals surface area contributed by atoms with E-state index < -0.39 is 11.7 Å². The van der Waals surface area contributed by atoms with E-state index in [-0.39, 0.29) is 22.9 Å². The van der Waals surface area contributed by atoms with Crippen molar-refractivity contribution in [2.45, 2.75) is 18.9 Å². The number of carbonyl (C=O) groups is 2. The number of halogens is 1. The molecular formula is C26H28FN5O3. The average Bonchev–Trinajstić information content (AvgIpc) is 3.32. The first kappa shape index (κ1) is 23.2. The molecule has 3 aromatic rings. The number of fused-ring (bicyclic) bond motifs is 1. The standard InChI is InChI=1S/C26H28FN5O3/c1-30(2)18-9-10-31(15-18)25(34)17-13-32(14-17)26(35)21-11-16(7-8-22(21)27)12-23-19-5-3-4-6-20(19)24(33)29-28-23/h3-8,11,17-18H,9-10,12-15H2,1-2H3,(H,29,33). The Morgan fingerprint density at radius 3 is 2.54 bits per heavy atom. The van der Waals surface area contributed by atoms with Crippen LogP contribution < -0.4 is 5.56 Å². The Bertz CT molecular complexity index is 1350. The number of hydrogen-bond acceptors (Lipinski definition) is 5. The summed E-state index contributed by atoms with van der Waals surface area (Å²) in [5.74, 6) is -1.17. The Kier molecular flexibility index (Phi) is 6.10. The van der Waals surface area contributed by atoms with Gasteiger partial charge in [-0.15, -0.1) is 0 Å². The van der Waals surface area contributed by atoms with Crippen LogP contribution in [0.3, 0.4) is 0 Å². The predicted octanol–water partition coefficient (Wildman–Crippen LogP) is 1.89. The van der Waals surface area contributed by atoms with Crippen molar-refractivity contribution in [1.82, 2.24) is 24.9 Å². The van der Waals surface area contributed by atoms with Crippen molar-refractivity contribution in [2.24, 2.45) is 5.92 Å². The lowest BCUT2D eigenvalue weighted by atomic mass is 9.96. The third-order valence-electron chi connectivity index (χ3n) is 7.13. The summed E-state index contributed by atoms with van der Waals surface area (Å²) in [4.78, 5) is 43.4. The third-order valence-corrected chi connectivity index (χ3v) is 7.13. The summed E-state index contributed by atoms with van der Waals surface area (Å²) < 4.78 is 14.6. The highest BCUT2D eigenvalue weighted by molar-refractivity contribution is 5.96. The van der Waals surface area contributed by atoms with Gasteiger partial charge in [-0.3, -0.25) is 14.4 Å². The Balaban J connectivity index is 1.27. The van der Waals surface area contributed by atoms with Gasteiger partial charge in [0, 0.05) is 44.0 Å². The van der Waals surface area contributed by atoms with Crippen LogP contribution in [0.4, 0.5) is 4.39 Å². The van der Waals surface area contributed by atoms with Gasteiger partial charge in [-0.1, -0.05) is 24.3 Å². The molecule has 2 aliphatic heterocycles. The monoisotopic (exact) mass is 477 g/mol. The number of likely N-dealkylation sites (N-methyl/N-ethyl adjacent to an activating group) is 1. The lowest BCUT2D eigenvalue weighted by Gasteiger charge is -2.40. The molecule has 1 atom stereocenters. The molecule has 2 fully saturated rings. The van der Waals surface area contributed by atoms with Crippen molar-refractivity contribution in [2.75, 3.05) is 40.3 Å². The number of H-pyrrole nitrogens is 1. The molecule has 9 heteroatoms. The molecule has 1 aromatic heterocycles. The van der Waals surface area contributed by atoms with Crippen LogP contribution in [0.15, 0.2) is 47.3 Å². The number of carbonyl (C=O) groups excluding carboxylic acids is 2. The number of aromatic nitrogens is 2. The Hall–Kier alpha value is -3.59. The van der Waals surface area contributed by atoms with E-state index >= 15 is 0 Å². The molecule has 8 nitrogen and oxygen atoms in total.